The first-order valence-corrected chi connectivity index (χ1v) is 10.4. The molecule has 2 bridgehead atoms. The predicted molar refractivity (Wildman–Crippen MR) is 124 cm³/mol. The molecule has 2 saturated carbocycles. The van der Waals surface area contributed by atoms with Gasteiger partial charge in [0, 0.05) is 31.2 Å². The molecule has 4 rings (SSSR count). The number of nitrogens with zero attached hydrogens (tertiary/aromatic N) is 2. The molecule has 4 N–H and O–H groups in total. The first-order chi connectivity index (χ1) is 13.3. The second-order valence-corrected chi connectivity index (χ2v) is 8.78. The first-order valence-electron chi connectivity index (χ1n) is 10.4. The third-order valence-corrected chi connectivity index (χ3v) is 6.88. The summed E-state index contributed by atoms with van der Waals surface area (Å²) in [6, 6.07) is 0.566. The van der Waals surface area contributed by atoms with E-state index in [9.17, 15) is 9.59 Å². The number of aromatic nitrogens is 3. The molecule has 2 heterocycles. The van der Waals surface area contributed by atoms with Crippen molar-refractivity contribution in [2.24, 2.45) is 24.6 Å². The van der Waals surface area contributed by atoms with Gasteiger partial charge in [-0.25, -0.2) is 4.98 Å². The number of nitrogens with one attached hydrogen (secondary N) is 2. The quantitative estimate of drug-likeness (QED) is 0.655. The Balaban J connectivity index is 0.00000160. The van der Waals surface area contributed by atoms with Gasteiger partial charge in [-0.2, -0.15) is 0 Å². The van der Waals surface area contributed by atoms with E-state index in [1.54, 1.807) is 11.7 Å². The van der Waals surface area contributed by atoms with Gasteiger partial charge in [0.25, 0.3) is 5.56 Å². The normalized spacial score (nSPS) is 25.3. The molecule has 0 aromatic carbocycles. The summed E-state index contributed by atoms with van der Waals surface area (Å²) in [5.41, 5.74) is 9.55. The minimum atomic E-state index is -0.125. The van der Waals surface area contributed by atoms with Crippen LogP contribution in [0.25, 0.3) is 11.0 Å². The molecule has 2 aliphatic carbocycles. The van der Waals surface area contributed by atoms with Crippen molar-refractivity contribution in [2.45, 2.75) is 70.9 Å². The molecular formula is C21H33Cl2N5O2. The highest BCUT2D eigenvalue weighted by Gasteiger charge is 2.39. The molecule has 2 aliphatic rings. The van der Waals surface area contributed by atoms with Gasteiger partial charge in [-0.3, -0.25) is 19.4 Å². The third kappa shape index (κ3) is 4.53. The molecule has 1 amide bonds. The number of halogens is 2. The van der Waals surface area contributed by atoms with Crippen molar-refractivity contribution in [1.82, 2.24) is 20.1 Å². The molecule has 2 aromatic heterocycles. The van der Waals surface area contributed by atoms with Crippen LogP contribution in [0, 0.1) is 25.7 Å². The Morgan fingerprint density at radius 2 is 1.87 bits per heavy atom. The van der Waals surface area contributed by atoms with Gasteiger partial charge < -0.3 is 11.1 Å². The molecule has 0 aliphatic heterocycles. The average molecular weight is 458 g/mol. The zero-order chi connectivity index (χ0) is 20.0. The molecule has 2 atom stereocenters. The van der Waals surface area contributed by atoms with Gasteiger partial charge in [0.15, 0.2) is 5.65 Å². The van der Waals surface area contributed by atoms with E-state index < -0.39 is 0 Å². The highest BCUT2D eigenvalue weighted by Crippen LogP contribution is 2.39. The Kier molecular flexibility index (Phi) is 7.99. The summed E-state index contributed by atoms with van der Waals surface area (Å²) in [4.78, 5) is 29.5. The molecule has 9 heteroatoms. The molecule has 2 fully saturated rings. The van der Waals surface area contributed by atoms with Crippen LogP contribution >= 0.6 is 24.8 Å². The fourth-order valence-corrected chi connectivity index (χ4v) is 5.54. The molecule has 168 valence electrons. The van der Waals surface area contributed by atoms with Crippen molar-refractivity contribution >= 4 is 41.8 Å². The largest absolute Gasteiger partial charge is 0.353 e. The van der Waals surface area contributed by atoms with Gasteiger partial charge >= 0.3 is 0 Å². The lowest BCUT2D eigenvalue weighted by atomic mass is 9.67. The molecule has 30 heavy (non-hydrogen) atoms. The van der Waals surface area contributed by atoms with E-state index in [4.69, 9.17) is 5.73 Å². The smallest absolute Gasteiger partial charge is 0.273 e. The first kappa shape index (κ1) is 24.7. The SMILES string of the molecule is Cc1nc2c(c(C)c1CCC(=O)NC1C3CCCC1CC(N)C3)c(=O)[nH]n2C.Cl.Cl. The van der Waals surface area contributed by atoms with Crippen molar-refractivity contribution in [3.05, 3.63) is 27.2 Å². The number of rotatable bonds is 4. The summed E-state index contributed by atoms with van der Waals surface area (Å²) in [5, 5.41) is 6.71. The minimum absolute atomic E-state index is 0. The van der Waals surface area contributed by atoms with E-state index >= 15 is 0 Å². The molecule has 2 aromatic rings. The van der Waals surface area contributed by atoms with Gasteiger partial charge in [-0.1, -0.05) is 6.42 Å². The molecule has 0 saturated heterocycles. The van der Waals surface area contributed by atoms with Gasteiger partial charge in [-0.15, -0.1) is 24.8 Å². The highest BCUT2D eigenvalue weighted by atomic mass is 35.5. The zero-order valence-corrected chi connectivity index (χ0v) is 19.5. The molecule has 0 radical (unpaired) electrons. The number of pyridine rings is 1. The maximum Gasteiger partial charge on any atom is 0.273 e. The number of carbonyl (C=O) groups excluding carboxylic acids is 1. The predicted octanol–water partition coefficient (Wildman–Crippen LogP) is 2.68. The van der Waals surface area contributed by atoms with Crippen LogP contribution in [0.1, 0.15) is 55.3 Å². The van der Waals surface area contributed by atoms with Crippen LogP contribution in [0.2, 0.25) is 0 Å². The fourth-order valence-electron chi connectivity index (χ4n) is 5.54. The van der Waals surface area contributed by atoms with Crippen molar-refractivity contribution in [3.63, 3.8) is 0 Å². The van der Waals surface area contributed by atoms with Crippen LogP contribution in [-0.4, -0.2) is 32.8 Å². The van der Waals surface area contributed by atoms with Crippen molar-refractivity contribution < 1.29 is 4.79 Å². The number of aryl methyl sites for hydroxylation is 3. The minimum Gasteiger partial charge on any atom is -0.353 e. The molecular weight excluding hydrogens is 425 g/mol. The highest BCUT2D eigenvalue weighted by molar-refractivity contribution is 5.85. The summed E-state index contributed by atoms with van der Waals surface area (Å²) in [6.45, 7) is 3.90. The van der Waals surface area contributed by atoms with Crippen molar-refractivity contribution in [2.75, 3.05) is 0 Å². The molecule has 7 nitrogen and oxygen atoms in total. The van der Waals surface area contributed by atoms with Gasteiger partial charge in [0.05, 0.1) is 5.39 Å². The number of hydrogen-bond acceptors (Lipinski definition) is 4. The lowest BCUT2D eigenvalue weighted by Crippen LogP contribution is -2.53. The van der Waals surface area contributed by atoms with E-state index in [1.807, 2.05) is 13.8 Å². The van der Waals surface area contributed by atoms with E-state index in [0.29, 0.717) is 35.7 Å². The van der Waals surface area contributed by atoms with E-state index in [1.165, 1.54) is 19.3 Å². The van der Waals surface area contributed by atoms with Crippen LogP contribution < -0.4 is 16.6 Å². The number of amides is 1. The third-order valence-electron chi connectivity index (χ3n) is 6.88. The van der Waals surface area contributed by atoms with Crippen LogP contribution in [0.15, 0.2) is 4.79 Å². The monoisotopic (exact) mass is 457 g/mol. The Hall–Kier alpha value is -1.57. The van der Waals surface area contributed by atoms with E-state index in [-0.39, 0.29) is 48.4 Å². The lowest BCUT2D eigenvalue weighted by molar-refractivity contribution is -0.123. The van der Waals surface area contributed by atoms with Crippen LogP contribution in [-0.2, 0) is 18.3 Å². The Bertz CT molecular complexity index is 956. The van der Waals surface area contributed by atoms with E-state index in [2.05, 4.69) is 15.4 Å². The fraction of sp³-hybridized carbons (Fsp3) is 0.667. The standard InChI is InChI=1S/C21H31N5O2.2ClH/c1-11-16(12(2)23-20-18(11)21(28)25-26(20)3)7-8-17(27)24-19-13-5-4-6-14(19)10-15(22)9-13;;/h13-15,19H,4-10,22H2,1-3H3,(H,24,27)(H,25,28);2*1H. The molecule has 0 spiro atoms. The number of fused-ring (bicyclic) bond motifs is 3. The van der Waals surface area contributed by atoms with Crippen LogP contribution in [0.3, 0.4) is 0 Å². The summed E-state index contributed by atoms with van der Waals surface area (Å²) >= 11 is 0. The number of H-pyrrole nitrogens is 1. The Morgan fingerprint density at radius 3 is 2.50 bits per heavy atom. The second-order valence-electron chi connectivity index (χ2n) is 8.78. The summed E-state index contributed by atoms with van der Waals surface area (Å²) in [5.74, 6) is 1.14. The summed E-state index contributed by atoms with van der Waals surface area (Å²) in [7, 11) is 1.79. The second kappa shape index (κ2) is 9.71. The number of nitrogens with two attached hydrogens (primary N) is 1. The summed E-state index contributed by atoms with van der Waals surface area (Å²) < 4.78 is 1.65. The maximum absolute atomic E-state index is 12.7. The topological polar surface area (TPSA) is 106 Å². The van der Waals surface area contributed by atoms with Crippen LogP contribution in [0.5, 0.6) is 0 Å². The maximum atomic E-state index is 12.7. The van der Waals surface area contributed by atoms with Crippen molar-refractivity contribution in [3.8, 4) is 0 Å². The van der Waals surface area contributed by atoms with Gasteiger partial charge in [0.2, 0.25) is 5.91 Å². The van der Waals surface area contributed by atoms with E-state index in [0.717, 1.165) is 29.7 Å². The number of aromatic amines is 1. The van der Waals surface area contributed by atoms with Gasteiger partial charge in [-0.05, 0) is 68.9 Å². The Labute approximate surface area is 189 Å². The Morgan fingerprint density at radius 1 is 1.23 bits per heavy atom. The van der Waals surface area contributed by atoms with Crippen LogP contribution in [0.4, 0.5) is 0 Å². The lowest BCUT2D eigenvalue weighted by Gasteiger charge is -2.45. The average Bonchev–Trinajstić information content (AvgIpc) is 2.89. The molecule has 2 unspecified atom stereocenters. The number of hydrogen-bond donors (Lipinski definition) is 3. The zero-order valence-electron chi connectivity index (χ0n) is 17.9. The van der Waals surface area contributed by atoms with Gasteiger partial charge in [0.1, 0.15) is 0 Å². The van der Waals surface area contributed by atoms with Crippen molar-refractivity contribution in [1.29, 1.82) is 0 Å². The summed E-state index contributed by atoms with van der Waals surface area (Å²) in [6.07, 6.45) is 6.66. The number of carbonyl (C=O) groups is 1.